The molecule has 0 bridgehead atoms. The van der Waals surface area contributed by atoms with Gasteiger partial charge in [0.05, 0.1) is 10.6 Å². The van der Waals surface area contributed by atoms with E-state index in [0.717, 1.165) is 12.8 Å². The highest BCUT2D eigenvalue weighted by molar-refractivity contribution is 7.91. The van der Waals surface area contributed by atoms with Gasteiger partial charge in [0.15, 0.2) is 0 Å². The van der Waals surface area contributed by atoms with Crippen LogP contribution in [0.5, 0.6) is 0 Å². The minimum absolute atomic E-state index is 0.0295. The molecule has 1 rings (SSSR count). The SMILES string of the molecule is CC(Cl)CCCNc1ccccc1S(=O)(=O)C(F)F. The number of halogens is 3. The summed E-state index contributed by atoms with van der Waals surface area (Å²) in [5, 5.41) is 2.89. The molecule has 0 aliphatic carbocycles. The van der Waals surface area contributed by atoms with Crippen molar-refractivity contribution in [2.75, 3.05) is 11.9 Å². The minimum Gasteiger partial charge on any atom is -0.384 e. The van der Waals surface area contributed by atoms with Crippen molar-refractivity contribution in [1.82, 2.24) is 0 Å². The predicted molar refractivity (Wildman–Crippen MR) is 72.7 cm³/mol. The van der Waals surface area contributed by atoms with Gasteiger partial charge in [-0.15, -0.1) is 11.6 Å². The van der Waals surface area contributed by atoms with Crippen LogP contribution in [0, 0.1) is 0 Å². The van der Waals surface area contributed by atoms with E-state index in [9.17, 15) is 17.2 Å². The number of alkyl halides is 3. The first-order valence-electron chi connectivity index (χ1n) is 5.84. The van der Waals surface area contributed by atoms with Crippen molar-refractivity contribution in [1.29, 1.82) is 0 Å². The Balaban J connectivity index is 2.80. The van der Waals surface area contributed by atoms with Gasteiger partial charge in [-0.3, -0.25) is 0 Å². The Bertz CT molecular complexity index is 506. The van der Waals surface area contributed by atoms with Crippen molar-refractivity contribution >= 4 is 27.1 Å². The average Bonchev–Trinajstić information content (AvgIpc) is 2.34. The minimum atomic E-state index is -4.58. The third-order valence-electron chi connectivity index (χ3n) is 2.52. The van der Waals surface area contributed by atoms with Gasteiger partial charge >= 0.3 is 5.76 Å². The molecule has 3 nitrogen and oxygen atoms in total. The zero-order valence-corrected chi connectivity index (χ0v) is 12.0. The number of sulfone groups is 1. The summed E-state index contributed by atoms with van der Waals surface area (Å²) in [5.74, 6) is -3.42. The molecule has 0 saturated carbocycles. The third-order valence-corrected chi connectivity index (χ3v) is 4.18. The van der Waals surface area contributed by atoms with Crippen LogP contribution in [0.2, 0.25) is 0 Å². The molecular weight excluding hydrogens is 296 g/mol. The maximum Gasteiger partial charge on any atom is 0.341 e. The topological polar surface area (TPSA) is 46.2 Å². The van der Waals surface area contributed by atoms with Gasteiger partial charge < -0.3 is 5.32 Å². The Morgan fingerprint density at radius 3 is 2.53 bits per heavy atom. The Hall–Kier alpha value is -0.880. The van der Waals surface area contributed by atoms with Crippen molar-refractivity contribution in [3.05, 3.63) is 24.3 Å². The monoisotopic (exact) mass is 311 g/mol. The molecular formula is C12H16ClF2NO2S. The number of nitrogens with one attached hydrogen (secondary N) is 1. The van der Waals surface area contributed by atoms with E-state index in [2.05, 4.69) is 5.32 Å². The van der Waals surface area contributed by atoms with E-state index in [0.29, 0.717) is 6.54 Å². The predicted octanol–water partition coefficient (Wildman–Crippen LogP) is 3.50. The molecule has 0 saturated heterocycles. The highest BCUT2D eigenvalue weighted by atomic mass is 35.5. The van der Waals surface area contributed by atoms with Gasteiger partial charge in [0, 0.05) is 11.9 Å². The lowest BCUT2D eigenvalue weighted by Gasteiger charge is -2.12. The third kappa shape index (κ3) is 4.62. The molecule has 1 aromatic carbocycles. The first-order chi connectivity index (χ1) is 8.85. The second kappa shape index (κ2) is 7.05. The summed E-state index contributed by atoms with van der Waals surface area (Å²) >= 11 is 5.78. The fourth-order valence-corrected chi connectivity index (χ4v) is 2.62. The van der Waals surface area contributed by atoms with E-state index >= 15 is 0 Å². The first kappa shape index (κ1) is 16.2. The number of benzene rings is 1. The molecule has 0 aromatic heterocycles. The van der Waals surface area contributed by atoms with Crippen molar-refractivity contribution in [3.63, 3.8) is 0 Å². The van der Waals surface area contributed by atoms with Crippen LogP contribution in [-0.2, 0) is 9.84 Å². The molecule has 0 aliphatic heterocycles. The second-order valence-electron chi connectivity index (χ2n) is 4.15. The van der Waals surface area contributed by atoms with Gasteiger partial charge in [0.1, 0.15) is 0 Å². The molecule has 1 atom stereocenters. The summed E-state index contributed by atoms with van der Waals surface area (Å²) in [4.78, 5) is -0.371. The van der Waals surface area contributed by atoms with Crippen molar-refractivity contribution in [2.24, 2.45) is 0 Å². The molecule has 1 N–H and O–H groups in total. The van der Waals surface area contributed by atoms with Gasteiger partial charge in [-0.05, 0) is 31.9 Å². The normalized spacial score (nSPS) is 13.5. The van der Waals surface area contributed by atoms with E-state index in [1.807, 2.05) is 6.92 Å². The molecule has 1 unspecified atom stereocenters. The zero-order valence-electron chi connectivity index (χ0n) is 10.4. The van der Waals surface area contributed by atoms with E-state index in [1.54, 1.807) is 6.07 Å². The molecule has 1 aromatic rings. The smallest absolute Gasteiger partial charge is 0.341 e. The highest BCUT2D eigenvalue weighted by Crippen LogP contribution is 2.26. The Kier molecular flexibility index (Phi) is 6.00. The van der Waals surface area contributed by atoms with Crippen LogP contribution < -0.4 is 5.32 Å². The van der Waals surface area contributed by atoms with E-state index in [1.165, 1.54) is 18.2 Å². The Labute approximate surface area is 116 Å². The highest BCUT2D eigenvalue weighted by Gasteiger charge is 2.28. The summed E-state index contributed by atoms with van der Waals surface area (Å²) in [5.41, 5.74) is 0.199. The zero-order chi connectivity index (χ0) is 14.5. The fraction of sp³-hybridized carbons (Fsp3) is 0.500. The van der Waals surface area contributed by atoms with Crippen molar-refractivity contribution in [3.8, 4) is 0 Å². The fourth-order valence-electron chi connectivity index (χ4n) is 1.56. The van der Waals surface area contributed by atoms with Gasteiger partial charge in [-0.2, -0.15) is 8.78 Å². The number of rotatable bonds is 7. The summed E-state index contributed by atoms with van der Waals surface area (Å²) in [7, 11) is -4.58. The van der Waals surface area contributed by atoms with Crippen molar-refractivity contribution in [2.45, 2.75) is 35.8 Å². The lowest BCUT2D eigenvalue weighted by molar-refractivity contribution is 0.235. The molecule has 19 heavy (non-hydrogen) atoms. The molecule has 0 aliphatic rings. The van der Waals surface area contributed by atoms with Crippen LogP contribution in [0.15, 0.2) is 29.2 Å². The van der Waals surface area contributed by atoms with Gasteiger partial charge in [-0.25, -0.2) is 8.42 Å². The lowest BCUT2D eigenvalue weighted by atomic mass is 10.2. The van der Waals surface area contributed by atoms with Crippen LogP contribution >= 0.6 is 11.6 Å². The van der Waals surface area contributed by atoms with Crippen LogP contribution in [-0.4, -0.2) is 26.1 Å². The molecule has 0 amide bonds. The molecule has 0 fully saturated rings. The van der Waals surface area contributed by atoms with E-state index in [4.69, 9.17) is 11.6 Å². The Morgan fingerprint density at radius 2 is 1.95 bits per heavy atom. The largest absolute Gasteiger partial charge is 0.384 e. The maximum atomic E-state index is 12.5. The van der Waals surface area contributed by atoms with Gasteiger partial charge in [0.2, 0.25) is 9.84 Å². The van der Waals surface area contributed by atoms with E-state index in [-0.39, 0.29) is 16.0 Å². The number of anilines is 1. The summed E-state index contributed by atoms with van der Waals surface area (Å²) in [6.45, 7) is 2.34. The van der Waals surface area contributed by atoms with Crippen molar-refractivity contribution < 1.29 is 17.2 Å². The van der Waals surface area contributed by atoms with Crippen LogP contribution in [0.25, 0.3) is 0 Å². The first-order valence-corrected chi connectivity index (χ1v) is 7.83. The van der Waals surface area contributed by atoms with Crippen LogP contribution in [0.4, 0.5) is 14.5 Å². The summed E-state index contributed by atoms with van der Waals surface area (Å²) in [6, 6.07) is 5.66. The lowest BCUT2D eigenvalue weighted by Crippen LogP contribution is -2.14. The number of hydrogen-bond acceptors (Lipinski definition) is 3. The summed E-state index contributed by atoms with van der Waals surface area (Å²) in [6.07, 6.45) is 1.49. The standard InChI is InChI=1S/C12H16ClF2NO2S/c1-9(13)5-4-8-16-10-6-2-3-7-11(10)19(17,18)12(14)15/h2-3,6-7,9,12,16H,4-5,8H2,1H3. The van der Waals surface area contributed by atoms with E-state index < -0.39 is 15.6 Å². The van der Waals surface area contributed by atoms with Gasteiger partial charge in [-0.1, -0.05) is 12.1 Å². The Morgan fingerprint density at radius 1 is 1.32 bits per heavy atom. The quantitative estimate of drug-likeness (QED) is 0.619. The molecule has 108 valence electrons. The number of hydrogen-bond donors (Lipinski definition) is 1. The van der Waals surface area contributed by atoms with Crippen LogP contribution in [0.1, 0.15) is 19.8 Å². The van der Waals surface area contributed by atoms with Gasteiger partial charge in [0.25, 0.3) is 0 Å². The van der Waals surface area contributed by atoms with Crippen LogP contribution in [0.3, 0.4) is 0 Å². The maximum absolute atomic E-state index is 12.5. The molecule has 7 heteroatoms. The second-order valence-corrected chi connectivity index (χ2v) is 6.78. The molecule has 0 spiro atoms. The average molecular weight is 312 g/mol. The molecule has 0 radical (unpaired) electrons. The number of para-hydroxylation sites is 1. The molecule has 0 heterocycles. The summed E-state index contributed by atoms with van der Waals surface area (Å²) < 4.78 is 48.0.